The predicted octanol–water partition coefficient (Wildman–Crippen LogP) is 0.978. The van der Waals surface area contributed by atoms with Crippen LogP contribution in [0.1, 0.15) is 38.5 Å². The third-order valence-electron chi connectivity index (χ3n) is 4.05. The number of piperidine rings is 1. The SMILES string of the molecule is O=C(NCCCCCN1CCCCC1)C1CNC1. The molecule has 104 valence electrons. The van der Waals surface area contributed by atoms with E-state index in [1.807, 2.05) is 0 Å². The van der Waals surface area contributed by atoms with Gasteiger partial charge >= 0.3 is 0 Å². The molecule has 0 saturated carbocycles. The second kappa shape index (κ2) is 7.74. The molecule has 4 nitrogen and oxygen atoms in total. The molecule has 2 aliphatic heterocycles. The Labute approximate surface area is 110 Å². The van der Waals surface area contributed by atoms with Crippen LogP contribution in [-0.4, -0.2) is 50.1 Å². The van der Waals surface area contributed by atoms with Crippen molar-refractivity contribution < 1.29 is 4.79 Å². The summed E-state index contributed by atoms with van der Waals surface area (Å²) in [5, 5.41) is 6.15. The van der Waals surface area contributed by atoms with Gasteiger partial charge in [0.2, 0.25) is 5.91 Å². The van der Waals surface area contributed by atoms with Crippen molar-refractivity contribution >= 4 is 5.91 Å². The van der Waals surface area contributed by atoms with Gasteiger partial charge in [0.15, 0.2) is 0 Å². The molecule has 0 aromatic rings. The molecule has 2 fully saturated rings. The number of hydrogen-bond donors (Lipinski definition) is 2. The Morgan fingerprint density at radius 2 is 1.89 bits per heavy atom. The van der Waals surface area contributed by atoms with Gasteiger partial charge in [-0.2, -0.15) is 0 Å². The molecule has 1 amide bonds. The van der Waals surface area contributed by atoms with Gasteiger partial charge in [-0.05, 0) is 45.3 Å². The lowest BCUT2D eigenvalue weighted by Crippen LogP contribution is -2.50. The molecule has 0 aromatic carbocycles. The highest BCUT2D eigenvalue weighted by Gasteiger charge is 2.23. The van der Waals surface area contributed by atoms with E-state index in [-0.39, 0.29) is 11.8 Å². The fraction of sp³-hybridized carbons (Fsp3) is 0.929. The Morgan fingerprint density at radius 3 is 2.56 bits per heavy atom. The van der Waals surface area contributed by atoms with Crippen molar-refractivity contribution in [2.45, 2.75) is 38.5 Å². The van der Waals surface area contributed by atoms with Crippen LogP contribution < -0.4 is 10.6 Å². The lowest BCUT2D eigenvalue weighted by molar-refractivity contribution is -0.126. The topological polar surface area (TPSA) is 44.4 Å². The van der Waals surface area contributed by atoms with Crippen LogP contribution in [-0.2, 0) is 4.79 Å². The number of unbranched alkanes of at least 4 members (excludes halogenated alkanes) is 2. The first-order chi connectivity index (χ1) is 8.86. The Bertz CT molecular complexity index is 247. The number of rotatable bonds is 7. The fourth-order valence-electron chi connectivity index (χ4n) is 2.65. The number of likely N-dealkylation sites (tertiary alicyclic amines) is 1. The fourth-order valence-corrected chi connectivity index (χ4v) is 2.65. The first kappa shape index (κ1) is 13.8. The summed E-state index contributed by atoms with van der Waals surface area (Å²) >= 11 is 0. The molecule has 0 spiro atoms. The summed E-state index contributed by atoms with van der Waals surface area (Å²) in [5.74, 6) is 0.475. The minimum Gasteiger partial charge on any atom is -0.356 e. The second-order valence-corrected chi connectivity index (χ2v) is 5.61. The summed E-state index contributed by atoms with van der Waals surface area (Å²) in [5.41, 5.74) is 0. The highest BCUT2D eigenvalue weighted by Crippen LogP contribution is 2.09. The zero-order chi connectivity index (χ0) is 12.6. The van der Waals surface area contributed by atoms with Crippen molar-refractivity contribution in [3.63, 3.8) is 0 Å². The summed E-state index contributed by atoms with van der Waals surface area (Å²) in [4.78, 5) is 14.1. The summed E-state index contributed by atoms with van der Waals surface area (Å²) < 4.78 is 0. The van der Waals surface area contributed by atoms with E-state index in [0.717, 1.165) is 26.1 Å². The second-order valence-electron chi connectivity index (χ2n) is 5.61. The summed E-state index contributed by atoms with van der Waals surface area (Å²) in [6.07, 6.45) is 7.82. The first-order valence-electron chi connectivity index (χ1n) is 7.57. The van der Waals surface area contributed by atoms with Crippen LogP contribution in [0.5, 0.6) is 0 Å². The van der Waals surface area contributed by atoms with E-state index in [0.29, 0.717) is 0 Å². The van der Waals surface area contributed by atoms with Crippen molar-refractivity contribution in [1.29, 1.82) is 0 Å². The number of amides is 1. The van der Waals surface area contributed by atoms with E-state index in [1.165, 1.54) is 51.7 Å². The highest BCUT2D eigenvalue weighted by molar-refractivity contribution is 5.79. The molecule has 4 heteroatoms. The maximum absolute atomic E-state index is 11.5. The van der Waals surface area contributed by atoms with Crippen molar-refractivity contribution in [3.8, 4) is 0 Å². The molecule has 0 atom stereocenters. The third kappa shape index (κ3) is 4.58. The van der Waals surface area contributed by atoms with Crippen LogP contribution in [0, 0.1) is 5.92 Å². The zero-order valence-electron chi connectivity index (χ0n) is 11.4. The Morgan fingerprint density at radius 1 is 1.11 bits per heavy atom. The molecule has 0 aliphatic carbocycles. The molecule has 2 rings (SSSR count). The van der Waals surface area contributed by atoms with Gasteiger partial charge < -0.3 is 15.5 Å². The van der Waals surface area contributed by atoms with Gasteiger partial charge in [0.25, 0.3) is 0 Å². The average molecular weight is 253 g/mol. The van der Waals surface area contributed by atoms with E-state index in [4.69, 9.17) is 0 Å². The van der Waals surface area contributed by atoms with E-state index >= 15 is 0 Å². The maximum atomic E-state index is 11.5. The Hall–Kier alpha value is -0.610. The first-order valence-corrected chi connectivity index (χ1v) is 7.57. The predicted molar refractivity (Wildman–Crippen MR) is 73.5 cm³/mol. The highest BCUT2D eigenvalue weighted by atomic mass is 16.2. The van der Waals surface area contributed by atoms with Crippen molar-refractivity contribution in [1.82, 2.24) is 15.5 Å². The molecule has 2 aliphatic rings. The zero-order valence-corrected chi connectivity index (χ0v) is 11.4. The molecule has 0 aromatic heterocycles. The summed E-state index contributed by atoms with van der Waals surface area (Å²) in [6.45, 7) is 6.42. The third-order valence-corrected chi connectivity index (χ3v) is 4.05. The molecular weight excluding hydrogens is 226 g/mol. The van der Waals surface area contributed by atoms with Crippen LogP contribution in [0.3, 0.4) is 0 Å². The van der Waals surface area contributed by atoms with Crippen LogP contribution in [0.4, 0.5) is 0 Å². The lowest BCUT2D eigenvalue weighted by atomic mass is 10.0. The molecular formula is C14H27N3O. The molecule has 0 unspecified atom stereocenters. The molecule has 2 heterocycles. The Balaban J connectivity index is 1.40. The van der Waals surface area contributed by atoms with Gasteiger partial charge in [-0.25, -0.2) is 0 Å². The van der Waals surface area contributed by atoms with Gasteiger partial charge in [0, 0.05) is 19.6 Å². The monoisotopic (exact) mass is 253 g/mol. The van der Waals surface area contributed by atoms with Gasteiger partial charge in [-0.3, -0.25) is 4.79 Å². The average Bonchev–Trinajstić information content (AvgIpc) is 2.33. The largest absolute Gasteiger partial charge is 0.356 e. The van der Waals surface area contributed by atoms with Crippen LogP contribution >= 0.6 is 0 Å². The summed E-state index contributed by atoms with van der Waals surface area (Å²) in [7, 11) is 0. The number of carbonyl (C=O) groups is 1. The lowest BCUT2D eigenvalue weighted by Gasteiger charge is -2.26. The minimum atomic E-state index is 0.235. The van der Waals surface area contributed by atoms with Crippen molar-refractivity contribution in [2.75, 3.05) is 39.3 Å². The van der Waals surface area contributed by atoms with E-state index in [2.05, 4.69) is 15.5 Å². The normalized spacial score (nSPS) is 21.6. The number of carbonyl (C=O) groups excluding carboxylic acids is 1. The standard InChI is InChI=1S/C14H27N3O/c18-14(13-11-15-12-13)16-7-3-1-4-8-17-9-5-2-6-10-17/h13,15H,1-12H2,(H,16,18). The van der Waals surface area contributed by atoms with Crippen LogP contribution in [0.25, 0.3) is 0 Å². The molecule has 2 N–H and O–H groups in total. The van der Waals surface area contributed by atoms with E-state index < -0.39 is 0 Å². The van der Waals surface area contributed by atoms with Crippen molar-refractivity contribution in [3.05, 3.63) is 0 Å². The molecule has 2 saturated heterocycles. The number of nitrogens with one attached hydrogen (secondary N) is 2. The number of nitrogens with zero attached hydrogens (tertiary/aromatic N) is 1. The van der Waals surface area contributed by atoms with Crippen molar-refractivity contribution in [2.24, 2.45) is 5.92 Å². The van der Waals surface area contributed by atoms with Crippen LogP contribution in [0.2, 0.25) is 0 Å². The van der Waals surface area contributed by atoms with Gasteiger partial charge in [-0.15, -0.1) is 0 Å². The summed E-state index contributed by atoms with van der Waals surface area (Å²) in [6, 6.07) is 0. The van der Waals surface area contributed by atoms with Gasteiger partial charge in [0.05, 0.1) is 5.92 Å². The van der Waals surface area contributed by atoms with E-state index in [9.17, 15) is 4.79 Å². The van der Waals surface area contributed by atoms with Crippen LogP contribution in [0.15, 0.2) is 0 Å². The maximum Gasteiger partial charge on any atom is 0.225 e. The van der Waals surface area contributed by atoms with E-state index in [1.54, 1.807) is 0 Å². The van der Waals surface area contributed by atoms with Gasteiger partial charge in [-0.1, -0.05) is 12.8 Å². The Kier molecular flexibility index (Phi) is 5.94. The minimum absolute atomic E-state index is 0.235. The molecule has 18 heavy (non-hydrogen) atoms. The van der Waals surface area contributed by atoms with Gasteiger partial charge in [0.1, 0.15) is 0 Å². The molecule has 0 radical (unpaired) electrons. The molecule has 0 bridgehead atoms. The quantitative estimate of drug-likeness (QED) is 0.665. The number of hydrogen-bond acceptors (Lipinski definition) is 3. The smallest absolute Gasteiger partial charge is 0.225 e.